The number of benzene rings is 2. The minimum atomic E-state index is -3.85. The van der Waals surface area contributed by atoms with Gasteiger partial charge in [-0.15, -0.1) is 0 Å². The van der Waals surface area contributed by atoms with Crippen LogP contribution in [0.5, 0.6) is 5.75 Å². The molecule has 0 amide bonds. The number of ether oxygens (including phenoxy) is 1. The van der Waals surface area contributed by atoms with Crippen molar-refractivity contribution in [3.8, 4) is 5.75 Å². The lowest BCUT2D eigenvalue weighted by Gasteiger charge is -2.12. The van der Waals surface area contributed by atoms with Crippen molar-refractivity contribution in [3.05, 3.63) is 52.8 Å². The van der Waals surface area contributed by atoms with Crippen LogP contribution in [0.1, 0.15) is 12.5 Å². The van der Waals surface area contributed by atoms with Gasteiger partial charge in [-0.2, -0.15) is 0 Å². The summed E-state index contributed by atoms with van der Waals surface area (Å²) in [6.07, 6.45) is 0. The summed E-state index contributed by atoms with van der Waals surface area (Å²) in [5, 5.41) is 0.348. The predicted octanol–water partition coefficient (Wildman–Crippen LogP) is 3.99. The third kappa shape index (κ3) is 3.51. The van der Waals surface area contributed by atoms with Gasteiger partial charge in [0.15, 0.2) is 11.6 Å². The fourth-order valence-electron chi connectivity index (χ4n) is 1.93. The topological polar surface area (TPSA) is 55.4 Å². The molecule has 0 aromatic heterocycles. The molecule has 0 heterocycles. The summed E-state index contributed by atoms with van der Waals surface area (Å²) in [4.78, 5) is 0.0503. The summed E-state index contributed by atoms with van der Waals surface area (Å²) in [6, 6.07) is 8.47. The van der Waals surface area contributed by atoms with E-state index in [2.05, 4.69) is 4.72 Å². The fourth-order valence-corrected chi connectivity index (χ4v) is 3.47. The van der Waals surface area contributed by atoms with Crippen molar-refractivity contribution in [3.63, 3.8) is 0 Å². The van der Waals surface area contributed by atoms with Gasteiger partial charge in [0.2, 0.25) is 0 Å². The van der Waals surface area contributed by atoms with Crippen LogP contribution < -0.4 is 9.46 Å². The van der Waals surface area contributed by atoms with E-state index in [0.717, 1.165) is 6.07 Å². The number of hydrogen-bond donors (Lipinski definition) is 1. The summed E-state index contributed by atoms with van der Waals surface area (Å²) in [6.45, 7) is 3.66. The zero-order valence-corrected chi connectivity index (χ0v) is 13.6. The first-order chi connectivity index (χ1) is 10.3. The van der Waals surface area contributed by atoms with Gasteiger partial charge in [-0.25, -0.2) is 12.8 Å². The molecular weight excluding hydrogens is 329 g/mol. The van der Waals surface area contributed by atoms with Gasteiger partial charge in [-0.3, -0.25) is 4.72 Å². The van der Waals surface area contributed by atoms with E-state index in [1.807, 2.05) is 0 Å². The third-order valence-corrected chi connectivity index (χ3v) is 4.93. The second-order valence-corrected chi connectivity index (χ2v) is 6.60. The Hall–Kier alpha value is -1.79. The molecule has 0 spiro atoms. The molecule has 0 aliphatic rings. The van der Waals surface area contributed by atoms with E-state index in [1.165, 1.54) is 18.2 Å². The Labute approximate surface area is 133 Å². The Morgan fingerprint density at radius 2 is 2.00 bits per heavy atom. The molecule has 0 unspecified atom stereocenters. The van der Waals surface area contributed by atoms with Crippen LogP contribution in [-0.2, 0) is 10.0 Å². The van der Waals surface area contributed by atoms with E-state index in [0.29, 0.717) is 17.2 Å². The van der Waals surface area contributed by atoms with Gasteiger partial charge in [-0.05, 0) is 43.7 Å². The lowest BCUT2D eigenvalue weighted by atomic mass is 10.2. The first-order valence-corrected chi connectivity index (χ1v) is 8.41. The summed E-state index contributed by atoms with van der Waals surface area (Å²) in [7, 11) is -3.85. The highest BCUT2D eigenvalue weighted by Gasteiger charge is 2.19. The molecule has 0 saturated carbocycles. The molecule has 0 saturated heterocycles. The standard InChI is InChI=1S/C15H15ClFNO3S/c1-3-21-14-8-7-11(9-13(14)17)18-22(19,20)15-6-4-5-12(16)10(15)2/h4-9,18H,3H2,1-2H3. The Balaban J connectivity index is 2.33. The van der Waals surface area contributed by atoms with Crippen molar-refractivity contribution in [2.75, 3.05) is 11.3 Å². The van der Waals surface area contributed by atoms with E-state index >= 15 is 0 Å². The molecule has 2 rings (SSSR count). The van der Waals surface area contributed by atoms with Gasteiger partial charge < -0.3 is 4.74 Å². The van der Waals surface area contributed by atoms with E-state index in [9.17, 15) is 12.8 Å². The molecule has 118 valence electrons. The van der Waals surface area contributed by atoms with Crippen molar-refractivity contribution in [1.29, 1.82) is 0 Å². The van der Waals surface area contributed by atoms with Gasteiger partial charge >= 0.3 is 0 Å². The van der Waals surface area contributed by atoms with Crippen LogP contribution in [-0.4, -0.2) is 15.0 Å². The molecule has 0 fully saturated rings. The summed E-state index contributed by atoms with van der Waals surface area (Å²) >= 11 is 5.93. The maximum Gasteiger partial charge on any atom is 0.262 e. The van der Waals surface area contributed by atoms with Crippen molar-refractivity contribution in [2.24, 2.45) is 0 Å². The highest BCUT2D eigenvalue weighted by Crippen LogP contribution is 2.26. The number of sulfonamides is 1. The minimum absolute atomic E-state index is 0.0503. The number of halogens is 2. The molecule has 22 heavy (non-hydrogen) atoms. The second kappa shape index (κ2) is 6.54. The zero-order chi connectivity index (χ0) is 16.3. The Bertz CT molecular complexity index is 793. The van der Waals surface area contributed by atoms with Crippen molar-refractivity contribution < 1.29 is 17.5 Å². The van der Waals surface area contributed by atoms with Crippen LogP contribution in [0.3, 0.4) is 0 Å². The average Bonchev–Trinajstić information content (AvgIpc) is 2.44. The highest BCUT2D eigenvalue weighted by molar-refractivity contribution is 7.92. The number of nitrogens with one attached hydrogen (secondary N) is 1. The molecule has 0 aliphatic heterocycles. The Kier molecular flexibility index (Phi) is 4.93. The van der Waals surface area contributed by atoms with Crippen LogP contribution in [0.25, 0.3) is 0 Å². The van der Waals surface area contributed by atoms with Crippen LogP contribution in [0, 0.1) is 12.7 Å². The summed E-state index contributed by atoms with van der Waals surface area (Å²) in [5.41, 5.74) is 0.545. The van der Waals surface area contributed by atoms with Gasteiger partial charge in [0.25, 0.3) is 10.0 Å². The first kappa shape index (κ1) is 16.6. The normalized spacial score (nSPS) is 11.3. The molecule has 0 aliphatic carbocycles. The second-order valence-electron chi connectivity index (χ2n) is 4.55. The maximum atomic E-state index is 13.8. The number of hydrogen-bond acceptors (Lipinski definition) is 3. The molecule has 0 radical (unpaired) electrons. The lowest BCUT2D eigenvalue weighted by molar-refractivity contribution is 0.321. The predicted molar refractivity (Wildman–Crippen MR) is 84.6 cm³/mol. The summed E-state index contributed by atoms with van der Waals surface area (Å²) in [5.74, 6) is -0.561. The molecule has 1 N–H and O–H groups in total. The molecule has 2 aromatic carbocycles. The van der Waals surface area contributed by atoms with Crippen LogP contribution in [0.2, 0.25) is 5.02 Å². The van der Waals surface area contributed by atoms with Crippen molar-refractivity contribution in [2.45, 2.75) is 18.7 Å². The zero-order valence-electron chi connectivity index (χ0n) is 12.1. The third-order valence-electron chi connectivity index (χ3n) is 2.99. The van der Waals surface area contributed by atoms with Crippen molar-refractivity contribution in [1.82, 2.24) is 0 Å². The molecule has 7 heteroatoms. The Morgan fingerprint density at radius 1 is 1.27 bits per heavy atom. The largest absolute Gasteiger partial charge is 0.491 e. The van der Waals surface area contributed by atoms with E-state index in [-0.39, 0.29) is 16.3 Å². The van der Waals surface area contributed by atoms with E-state index < -0.39 is 15.8 Å². The van der Waals surface area contributed by atoms with Gasteiger partial charge in [0, 0.05) is 11.1 Å². The van der Waals surface area contributed by atoms with Gasteiger partial charge in [0.1, 0.15) is 0 Å². The maximum absolute atomic E-state index is 13.8. The smallest absolute Gasteiger partial charge is 0.262 e. The average molecular weight is 344 g/mol. The van der Waals surface area contributed by atoms with Gasteiger partial charge in [-0.1, -0.05) is 17.7 Å². The number of anilines is 1. The van der Waals surface area contributed by atoms with Crippen LogP contribution >= 0.6 is 11.6 Å². The Morgan fingerprint density at radius 3 is 2.64 bits per heavy atom. The number of rotatable bonds is 5. The van der Waals surface area contributed by atoms with Crippen LogP contribution in [0.15, 0.2) is 41.3 Å². The molecule has 0 bridgehead atoms. The summed E-state index contributed by atoms with van der Waals surface area (Å²) < 4.78 is 45.9. The molecule has 4 nitrogen and oxygen atoms in total. The minimum Gasteiger partial charge on any atom is -0.491 e. The fraction of sp³-hybridized carbons (Fsp3) is 0.200. The quantitative estimate of drug-likeness (QED) is 0.893. The lowest BCUT2D eigenvalue weighted by Crippen LogP contribution is -2.14. The first-order valence-electron chi connectivity index (χ1n) is 6.55. The van der Waals surface area contributed by atoms with Crippen molar-refractivity contribution >= 4 is 27.3 Å². The molecule has 2 aromatic rings. The van der Waals surface area contributed by atoms with E-state index in [1.54, 1.807) is 26.0 Å². The van der Waals surface area contributed by atoms with Crippen LogP contribution in [0.4, 0.5) is 10.1 Å². The molecular formula is C15H15ClFNO3S. The van der Waals surface area contributed by atoms with E-state index in [4.69, 9.17) is 16.3 Å². The SMILES string of the molecule is CCOc1ccc(NS(=O)(=O)c2cccc(Cl)c2C)cc1F. The monoisotopic (exact) mass is 343 g/mol. The highest BCUT2D eigenvalue weighted by atomic mass is 35.5. The van der Waals surface area contributed by atoms with Gasteiger partial charge in [0.05, 0.1) is 17.2 Å². The molecule has 0 atom stereocenters.